The van der Waals surface area contributed by atoms with Gasteiger partial charge in [-0.05, 0) is 0 Å². The first-order valence-electron chi connectivity index (χ1n) is 3.17. The number of piperazine rings is 1. The molecule has 1 aliphatic heterocycles. The van der Waals surface area contributed by atoms with Crippen LogP contribution in [0.15, 0.2) is 0 Å². The number of nitrogens with zero attached hydrogens (tertiary/aromatic N) is 2. The van der Waals surface area contributed by atoms with Crippen LogP contribution >= 0.6 is 0 Å². The molecule has 1 radical (unpaired) electrons. The van der Waals surface area contributed by atoms with Crippen molar-refractivity contribution in [3.05, 3.63) is 0 Å². The Morgan fingerprint density at radius 1 is 1.44 bits per heavy atom. The lowest BCUT2D eigenvalue weighted by Gasteiger charge is -2.28. The summed E-state index contributed by atoms with van der Waals surface area (Å²) in [5, 5.41) is 16.5. The Kier molecular flexibility index (Phi) is 2.41. The molecule has 4 nitrogen and oxygen atoms in total. The zero-order chi connectivity index (χ0) is 6.69. The average molecular weight is 130 g/mol. The summed E-state index contributed by atoms with van der Waals surface area (Å²) in [7, 11) is 1.53. The van der Waals surface area contributed by atoms with Crippen molar-refractivity contribution in [2.45, 2.75) is 0 Å². The van der Waals surface area contributed by atoms with Crippen molar-refractivity contribution in [1.82, 2.24) is 15.5 Å². The standard InChI is InChI=1S/C5H12N3O/c1-7(9)8-4-2-6-3-5-8/h6H,2-5H2,1H3. The van der Waals surface area contributed by atoms with Gasteiger partial charge in [0, 0.05) is 33.2 Å². The minimum Gasteiger partial charge on any atom is -0.314 e. The van der Waals surface area contributed by atoms with Crippen LogP contribution in [0.2, 0.25) is 0 Å². The first kappa shape index (κ1) is 6.95. The van der Waals surface area contributed by atoms with E-state index in [1.165, 1.54) is 7.05 Å². The molecule has 1 heterocycles. The number of rotatable bonds is 1. The molecule has 0 aromatic carbocycles. The predicted molar refractivity (Wildman–Crippen MR) is 32.9 cm³/mol. The normalized spacial score (nSPS) is 23.0. The molecule has 1 saturated heterocycles. The van der Waals surface area contributed by atoms with Crippen molar-refractivity contribution >= 4 is 0 Å². The summed E-state index contributed by atoms with van der Waals surface area (Å²) in [5.41, 5.74) is 0. The Labute approximate surface area is 55.0 Å². The third-order valence-corrected chi connectivity index (χ3v) is 1.49. The minimum atomic E-state index is 0.833. The predicted octanol–water partition coefficient (Wildman–Crippen LogP) is -0.916. The van der Waals surface area contributed by atoms with Gasteiger partial charge in [0.2, 0.25) is 0 Å². The monoisotopic (exact) mass is 130 g/mol. The molecule has 1 aliphatic rings. The third-order valence-electron chi connectivity index (χ3n) is 1.49. The molecule has 0 atom stereocenters. The summed E-state index contributed by atoms with van der Waals surface area (Å²) in [5.74, 6) is 0. The SMILES string of the molecule is CN([O])N1CCNCC1. The van der Waals surface area contributed by atoms with E-state index in [4.69, 9.17) is 0 Å². The number of hydroxylamine groups is 1. The number of hydrogen-bond acceptors (Lipinski definition) is 3. The van der Waals surface area contributed by atoms with E-state index in [1.54, 1.807) is 5.01 Å². The Bertz CT molecular complexity index is 80.3. The molecule has 0 aromatic heterocycles. The lowest BCUT2D eigenvalue weighted by atomic mass is 10.4. The molecule has 9 heavy (non-hydrogen) atoms. The molecule has 53 valence electrons. The van der Waals surface area contributed by atoms with Gasteiger partial charge in [0.25, 0.3) is 0 Å². The lowest BCUT2D eigenvalue weighted by Crippen LogP contribution is -2.49. The van der Waals surface area contributed by atoms with Gasteiger partial charge < -0.3 is 5.32 Å². The fourth-order valence-corrected chi connectivity index (χ4v) is 0.935. The topological polar surface area (TPSA) is 38.4 Å². The molecule has 0 amide bonds. The molecule has 1 rings (SSSR count). The van der Waals surface area contributed by atoms with Gasteiger partial charge in [0.15, 0.2) is 0 Å². The van der Waals surface area contributed by atoms with Crippen LogP contribution in [-0.2, 0) is 5.21 Å². The molecule has 0 bridgehead atoms. The fourth-order valence-electron chi connectivity index (χ4n) is 0.935. The van der Waals surface area contributed by atoms with E-state index in [9.17, 15) is 5.21 Å². The quantitative estimate of drug-likeness (QED) is 0.467. The largest absolute Gasteiger partial charge is 0.314 e. The van der Waals surface area contributed by atoms with Crippen LogP contribution in [0.5, 0.6) is 0 Å². The van der Waals surface area contributed by atoms with E-state index >= 15 is 0 Å². The van der Waals surface area contributed by atoms with Crippen molar-refractivity contribution in [3.8, 4) is 0 Å². The molecule has 0 unspecified atom stereocenters. The highest BCUT2D eigenvalue weighted by molar-refractivity contribution is 4.61. The highest BCUT2D eigenvalue weighted by Gasteiger charge is 2.12. The molecule has 0 spiro atoms. The maximum atomic E-state index is 10.6. The van der Waals surface area contributed by atoms with E-state index in [0.717, 1.165) is 31.4 Å². The van der Waals surface area contributed by atoms with Gasteiger partial charge in [-0.1, -0.05) is 5.17 Å². The van der Waals surface area contributed by atoms with Crippen LogP contribution in [0.3, 0.4) is 0 Å². The molecule has 0 aliphatic carbocycles. The Balaban J connectivity index is 2.23. The molecular weight excluding hydrogens is 118 g/mol. The van der Waals surface area contributed by atoms with Gasteiger partial charge in [-0.15, -0.1) is 5.21 Å². The fraction of sp³-hybridized carbons (Fsp3) is 1.00. The second-order valence-corrected chi connectivity index (χ2v) is 2.17. The van der Waals surface area contributed by atoms with Crippen molar-refractivity contribution in [2.24, 2.45) is 0 Å². The zero-order valence-corrected chi connectivity index (χ0v) is 5.63. The summed E-state index contributed by atoms with van der Waals surface area (Å²) < 4.78 is 0. The van der Waals surface area contributed by atoms with Gasteiger partial charge in [-0.25, -0.2) is 5.01 Å². The third kappa shape index (κ3) is 1.91. The summed E-state index contributed by atoms with van der Waals surface area (Å²) in [6.07, 6.45) is 0. The smallest absolute Gasteiger partial charge is 0.0322 e. The molecule has 0 saturated carbocycles. The summed E-state index contributed by atoms with van der Waals surface area (Å²) in [4.78, 5) is 0. The Morgan fingerprint density at radius 3 is 2.33 bits per heavy atom. The molecule has 1 fully saturated rings. The van der Waals surface area contributed by atoms with E-state index < -0.39 is 0 Å². The van der Waals surface area contributed by atoms with Crippen LogP contribution in [0.1, 0.15) is 0 Å². The van der Waals surface area contributed by atoms with Crippen LogP contribution in [0.4, 0.5) is 0 Å². The highest BCUT2D eigenvalue weighted by atomic mass is 16.5. The minimum absolute atomic E-state index is 0.833. The van der Waals surface area contributed by atoms with Gasteiger partial charge in [-0.3, -0.25) is 0 Å². The number of hydrazine groups is 1. The van der Waals surface area contributed by atoms with E-state index in [2.05, 4.69) is 5.32 Å². The van der Waals surface area contributed by atoms with Crippen molar-refractivity contribution in [1.29, 1.82) is 0 Å². The number of nitrogens with one attached hydrogen (secondary N) is 1. The van der Waals surface area contributed by atoms with Gasteiger partial charge in [0.1, 0.15) is 0 Å². The zero-order valence-electron chi connectivity index (χ0n) is 5.63. The molecule has 4 heteroatoms. The molecular formula is C5H12N3O. The molecule has 1 N–H and O–H groups in total. The Hall–Kier alpha value is -0.160. The van der Waals surface area contributed by atoms with E-state index in [0.29, 0.717) is 0 Å². The molecule has 0 aromatic rings. The van der Waals surface area contributed by atoms with Crippen LogP contribution in [0.25, 0.3) is 0 Å². The maximum absolute atomic E-state index is 10.6. The summed E-state index contributed by atoms with van der Waals surface area (Å²) in [6.45, 7) is 3.51. The first-order valence-corrected chi connectivity index (χ1v) is 3.17. The van der Waals surface area contributed by atoms with Gasteiger partial charge >= 0.3 is 0 Å². The number of hydrogen-bond donors (Lipinski definition) is 1. The van der Waals surface area contributed by atoms with Crippen LogP contribution in [0, 0.1) is 0 Å². The van der Waals surface area contributed by atoms with Crippen molar-refractivity contribution < 1.29 is 5.21 Å². The second kappa shape index (κ2) is 3.12. The summed E-state index contributed by atoms with van der Waals surface area (Å²) >= 11 is 0. The van der Waals surface area contributed by atoms with E-state index in [-0.39, 0.29) is 0 Å². The summed E-state index contributed by atoms with van der Waals surface area (Å²) in [6, 6.07) is 0. The van der Waals surface area contributed by atoms with Crippen LogP contribution in [-0.4, -0.2) is 43.4 Å². The Morgan fingerprint density at radius 2 is 2.00 bits per heavy atom. The average Bonchev–Trinajstić information content (AvgIpc) is 1.90. The maximum Gasteiger partial charge on any atom is 0.0322 e. The van der Waals surface area contributed by atoms with Crippen LogP contribution < -0.4 is 5.32 Å². The van der Waals surface area contributed by atoms with Gasteiger partial charge in [0.05, 0.1) is 0 Å². The van der Waals surface area contributed by atoms with E-state index in [1.807, 2.05) is 0 Å². The highest BCUT2D eigenvalue weighted by Crippen LogP contribution is 1.92. The lowest BCUT2D eigenvalue weighted by molar-refractivity contribution is -0.275. The first-order chi connectivity index (χ1) is 4.30. The second-order valence-electron chi connectivity index (χ2n) is 2.17. The van der Waals surface area contributed by atoms with Crippen molar-refractivity contribution in [3.63, 3.8) is 0 Å². The van der Waals surface area contributed by atoms with Crippen molar-refractivity contribution in [2.75, 3.05) is 33.2 Å². The van der Waals surface area contributed by atoms with Gasteiger partial charge in [-0.2, -0.15) is 0 Å².